The standard InChI is InChI=1S/C26H27BrN2O3/c1-18(2)13-14-32-24-12-11-20(27)16-23(24)26(31)29-22-10-6-9-21(17-22)28-25(30)15-19-7-4-3-5-8-19/h3-12,16-18H,13-15H2,1-2H3,(H,28,30)(H,29,31). The minimum atomic E-state index is -0.279. The average Bonchev–Trinajstić information content (AvgIpc) is 2.75. The number of anilines is 2. The molecule has 2 N–H and O–H groups in total. The van der Waals surface area contributed by atoms with E-state index in [1.807, 2.05) is 36.4 Å². The Morgan fingerprint density at radius 1 is 0.906 bits per heavy atom. The van der Waals surface area contributed by atoms with Crippen LogP contribution in [-0.4, -0.2) is 18.4 Å². The highest BCUT2D eigenvalue weighted by Gasteiger charge is 2.14. The Morgan fingerprint density at radius 2 is 1.62 bits per heavy atom. The molecule has 0 saturated heterocycles. The number of carbonyl (C=O) groups is 2. The summed E-state index contributed by atoms with van der Waals surface area (Å²) in [6.07, 6.45) is 1.19. The summed E-state index contributed by atoms with van der Waals surface area (Å²) in [4.78, 5) is 25.3. The Bertz CT molecular complexity index is 1070. The van der Waals surface area contributed by atoms with Crippen molar-refractivity contribution >= 4 is 39.1 Å². The molecular formula is C26H27BrN2O3. The molecule has 0 aliphatic carbocycles. The van der Waals surface area contributed by atoms with Crippen molar-refractivity contribution in [2.45, 2.75) is 26.7 Å². The Labute approximate surface area is 197 Å². The second-order valence-corrected chi connectivity index (χ2v) is 8.83. The van der Waals surface area contributed by atoms with Crippen molar-refractivity contribution in [1.29, 1.82) is 0 Å². The predicted octanol–water partition coefficient (Wildman–Crippen LogP) is 6.31. The smallest absolute Gasteiger partial charge is 0.259 e. The molecule has 0 atom stereocenters. The van der Waals surface area contributed by atoms with Gasteiger partial charge in [0.25, 0.3) is 5.91 Å². The molecule has 166 valence electrons. The molecule has 0 unspecified atom stereocenters. The zero-order valence-corrected chi connectivity index (χ0v) is 19.8. The molecule has 0 aliphatic heterocycles. The monoisotopic (exact) mass is 494 g/mol. The summed E-state index contributed by atoms with van der Waals surface area (Å²) in [5.74, 6) is 0.660. The number of rotatable bonds is 9. The first-order valence-electron chi connectivity index (χ1n) is 10.6. The van der Waals surface area contributed by atoms with E-state index < -0.39 is 0 Å². The molecule has 0 radical (unpaired) electrons. The van der Waals surface area contributed by atoms with Crippen LogP contribution in [0.1, 0.15) is 36.2 Å². The van der Waals surface area contributed by atoms with E-state index in [9.17, 15) is 9.59 Å². The topological polar surface area (TPSA) is 67.4 Å². The van der Waals surface area contributed by atoms with E-state index in [0.29, 0.717) is 35.2 Å². The second kappa shape index (κ2) is 11.5. The lowest BCUT2D eigenvalue weighted by Gasteiger charge is -2.14. The molecule has 32 heavy (non-hydrogen) atoms. The van der Waals surface area contributed by atoms with Gasteiger partial charge < -0.3 is 15.4 Å². The molecule has 3 rings (SSSR count). The molecule has 0 heterocycles. The van der Waals surface area contributed by atoms with Crippen molar-refractivity contribution in [2.24, 2.45) is 5.92 Å². The lowest BCUT2D eigenvalue weighted by atomic mass is 10.1. The Hall–Kier alpha value is -3.12. The first-order chi connectivity index (χ1) is 15.4. The first-order valence-corrected chi connectivity index (χ1v) is 11.4. The van der Waals surface area contributed by atoms with Gasteiger partial charge in [0.1, 0.15) is 5.75 Å². The van der Waals surface area contributed by atoms with Gasteiger partial charge in [-0.2, -0.15) is 0 Å². The van der Waals surface area contributed by atoms with Gasteiger partial charge in [0.15, 0.2) is 0 Å². The maximum Gasteiger partial charge on any atom is 0.259 e. The molecule has 0 fully saturated rings. The van der Waals surface area contributed by atoms with Crippen LogP contribution in [0.15, 0.2) is 77.3 Å². The predicted molar refractivity (Wildman–Crippen MR) is 132 cm³/mol. The minimum absolute atomic E-state index is 0.118. The first kappa shape index (κ1) is 23.5. The van der Waals surface area contributed by atoms with Gasteiger partial charge in [-0.1, -0.05) is 66.2 Å². The van der Waals surface area contributed by atoms with Crippen LogP contribution in [0, 0.1) is 5.92 Å². The summed E-state index contributed by atoms with van der Waals surface area (Å²) in [7, 11) is 0. The number of benzene rings is 3. The largest absolute Gasteiger partial charge is 0.493 e. The molecule has 5 nitrogen and oxygen atoms in total. The molecule has 0 bridgehead atoms. The SMILES string of the molecule is CC(C)CCOc1ccc(Br)cc1C(=O)Nc1cccc(NC(=O)Cc2ccccc2)c1. The fourth-order valence-corrected chi connectivity index (χ4v) is 3.43. The normalized spacial score (nSPS) is 10.6. The van der Waals surface area contributed by atoms with Gasteiger partial charge in [0, 0.05) is 15.8 Å². The molecule has 0 spiro atoms. The quantitative estimate of drug-likeness (QED) is 0.366. The summed E-state index contributed by atoms with van der Waals surface area (Å²) < 4.78 is 6.65. The summed E-state index contributed by atoms with van der Waals surface area (Å²) in [5.41, 5.74) is 2.59. The van der Waals surface area contributed by atoms with Crippen molar-refractivity contribution in [1.82, 2.24) is 0 Å². The van der Waals surface area contributed by atoms with Crippen LogP contribution in [0.3, 0.4) is 0 Å². The van der Waals surface area contributed by atoms with E-state index in [-0.39, 0.29) is 18.2 Å². The molecule has 6 heteroatoms. The molecule has 3 aromatic rings. The second-order valence-electron chi connectivity index (χ2n) is 7.92. The molecule has 3 aromatic carbocycles. The molecule has 0 aromatic heterocycles. The fourth-order valence-electron chi connectivity index (χ4n) is 3.07. The Morgan fingerprint density at radius 3 is 2.34 bits per heavy atom. The molecular weight excluding hydrogens is 468 g/mol. The van der Waals surface area contributed by atoms with Gasteiger partial charge in [0.2, 0.25) is 5.91 Å². The maximum atomic E-state index is 13.0. The summed E-state index contributed by atoms with van der Waals surface area (Å²) in [6, 6.07) is 22.0. The zero-order chi connectivity index (χ0) is 22.9. The number of halogens is 1. The van der Waals surface area contributed by atoms with Gasteiger partial charge in [-0.15, -0.1) is 0 Å². The van der Waals surface area contributed by atoms with Crippen LogP contribution in [0.5, 0.6) is 5.75 Å². The average molecular weight is 495 g/mol. The third-order valence-corrected chi connectivity index (χ3v) is 5.24. The minimum Gasteiger partial charge on any atom is -0.493 e. The number of hydrogen-bond acceptors (Lipinski definition) is 3. The highest BCUT2D eigenvalue weighted by molar-refractivity contribution is 9.10. The number of amides is 2. The molecule has 0 saturated carbocycles. The van der Waals surface area contributed by atoms with Crippen molar-refractivity contribution in [3.8, 4) is 5.75 Å². The van der Waals surface area contributed by atoms with Crippen LogP contribution in [0.2, 0.25) is 0 Å². The maximum absolute atomic E-state index is 13.0. The van der Waals surface area contributed by atoms with E-state index in [2.05, 4.69) is 40.4 Å². The summed E-state index contributed by atoms with van der Waals surface area (Å²) >= 11 is 3.42. The number of ether oxygens (including phenoxy) is 1. The van der Waals surface area contributed by atoms with Gasteiger partial charge >= 0.3 is 0 Å². The number of hydrogen-bond donors (Lipinski definition) is 2. The highest BCUT2D eigenvalue weighted by Crippen LogP contribution is 2.25. The molecule has 0 aliphatic rings. The van der Waals surface area contributed by atoms with E-state index in [1.54, 1.807) is 36.4 Å². The van der Waals surface area contributed by atoms with Crippen LogP contribution in [-0.2, 0) is 11.2 Å². The zero-order valence-electron chi connectivity index (χ0n) is 18.2. The van der Waals surface area contributed by atoms with Crippen LogP contribution in [0.4, 0.5) is 11.4 Å². The number of nitrogens with one attached hydrogen (secondary N) is 2. The van der Waals surface area contributed by atoms with Crippen molar-refractivity contribution in [3.63, 3.8) is 0 Å². The van der Waals surface area contributed by atoms with E-state index in [0.717, 1.165) is 16.5 Å². The van der Waals surface area contributed by atoms with Crippen molar-refractivity contribution in [3.05, 3.63) is 88.4 Å². The van der Waals surface area contributed by atoms with Crippen LogP contribution >= 0.6 is 15.9 Å². The van der Waals surface area contributed by atoms with Gasteiger partial charge in [-0.05, 0) is 54.3 Å². The summed E-state index contributed by atoms with van der Waals surface area (Å²) in [6.45, 7) is 4.80. The molecule has 2 amide bonds. The Kier molecular flexibility index (Phi) is 8.45. The number of carbonyl (C=O) groups excluding carboxylic acids is 2. The van der Waals surface area contributed by atoms with Gasteiger partial charge in [-0.3, -0.25) is 9.59 Å². The van der Waals surface area contributed by atoms with E-state index in [4.69, 9.17) is 4.74 Å². The van der Waals surface area contributed by atoms with Crippen LogP contribution < -0.4 is 15.4 Å². The van der Waals surface area contributed by atoms with Gasteiger partial charge in [-0.25, -0.2) is 0 Å². The third-order valence-electron chi connectivity index (χ3n) is 4.75. The highest BCUT2D eigenvalue weighted by atomic mass is 79.9. The van der Waals surface area contributed by atoms with Crippen molar-refractivity contribution < 1.29 is 14.3 Å². The third kappa shape index (κ3) is 7.24. The lowest BCUT2D eigenvalue weighted by molar-refractivity contribution is -0.115. The Balaban J connectivity index is 1.66. The van der Waals surface area contributed by atoms with Crippen molar-refractivity contribution in [2.75, 3.05) is 17.2 Å². The lowest BCUT2D eigenvalue weighted by Crippen LogP contribution is -2.16. The van der Waals surface area contributed by atoms with Crippen LogP contribution in [0.25, 0.3) is 0 Å². The van der Waals surface area contributed by atoms with E-state index in [1.165, 1.54) is 0 Å². The summed E-state index contributed by atoms with van der Waals surface area (Å²) in [5, 5.41) is 5.78. The fraction of sp³-hybridized carbons (Fsp3) is 0.231. The van der Waals surface area contributed by atoms with Gasteiger partial charge in [0.05, 0.1) is 18.6 Å². The van der Waals surface area contributed by atoms with E-state index >= 15 is 0 Å².